The van der Waals surface area contributed by atoms with Crippen LogP contribution in [0.25, 0.3) is 5.76 Å². The molecular formula is C28H28N2O6S. The monoisotopic (exact) mass is 520 g/mol. The third kappa shape index (κ3) is 5.13. The topological polar surface area (TPSA) is 106 Å². The van der Waals surface area contributed by atoms with E-state index in [1.807, 2.05) is 13.8 Å². The zero-order chi connectivity index (χ0) is 26.7. The average molecular weight is 521 g/mol. The number of aliphatic hydroxyl groups excluding tert-OH is 1. The number of hydrogen-bond donors (Lipinski definition) is 1. The largest absolute Gasteiger partial charge is 0.507 e. The SMILES string of the molecule is CCCOc1cccc(C2C(=C(O)c3ccc(OCC)cc3)C(=O)C(=O)N2c2nc(C)c(C(C)=O)s2)c1. The number of carbonyl (C=O) groups excluding carboxylic acids is 3. The van der Waals surface area contributed by atoms with Crippen molar-refractivity contribution in [2.24, 2.45) is 0 Å². The summed E-state index contributed by atoms with van der Waals surface area (Å²) >= 11 is 1.04. The van der Waals surface area contributed by atoms with Crippen molar-refractivity contribution in [3.05, 3.63) is 75.8 Å². The van der Waals surface area contributed by atoms with Crippen LogP contribution in [0.1, 0.15) is 59.7 Å². The van der Waals surface area contributed by atoms with Crippen molar-refractivity contribution in [2.75, 3.05) is 18.1 Å². The van der Waals surface area contributed by atoms with Crippen LogP contribution in [0.3, 0.4) is 0 Å². The molecule has 3 aromatic rings. The van der Waals surface area contributed by atoms with Crippen molar-refractivity contribution in [3.8, 4) is 11.5 Å². The standard InChI is InChI=1S/C28H28N2O6S/c1-5-14-36-21-9-7-8-19(15-21)23-22(24(32)18-10-12-20(13-11-18)35-6-2)25(33)27(34)30(23)28-29-16(3)26(37-28)17(4)31/h7-13,15,23,32H,5-6,14H2,1-4H3. The van der Waals surface area contributed by atoms with E-state index in [0.717, 1.165) is 17.8 Å². The highest BCUT2D eigenvalue weighted by Gasteiger charge is 2.48. The Balaban J connectivity index is 1.89. The number of thiazole rings is 1. The molecule has 1 N–H and O–H groups in total. The van der Waals surface area contributed by atoms with Gasteiger partial charge in [-0.25, -0.2) is 4.98 Å². The number of hydrogen-bond acceptors (Lipinski definition) is 8. The Labute approximate surface area is 219 Å². The molecule has 0 bridgehead atoms. The maximum Gasteiger partial charge on any atom is 0.301 e. The van der Waals surface area contributed by atoms with E-state index in [1.54, 1.807) is 55.5 Å². The van der Waals surface area contributed by atoms with E-state index >= 15 is 0 Å². The van der Waals surface area contributed by atoms with Crippen molar-refractivity contribution < 1.29 is 29.0 Å². The fourth-order valence-electron chi connectivity index (χ4n) is 4.18. The molecule has 0 spiro atoms. The number of aliphatic hydroxyl groups is 1. The first-order valence-electron chi connectivity index (χ1n) is 12.0. The number of benzene rings is 2. The third-order valence-electron chi connectivity index (χ3n) is 5.84. The van der Waals surface area contributed by atoms with Gasteiger partial charge in [0.1, 0.15) is 17.3 Å². The van der Waals surface area contributed by atoms with Gasteiger partial charge < -0.3 is 14.6 Å². The van der Waals surface area contributed by atoms with E-state index in [-0.39, 0.29) is 22.2 Å². The Morgan fingerprint density at radius 2 is 1.81 bits per heavy atom. The van der Waals surface area contributed by atoms with Crippen LogP contribution in [-0.2, 0) is 9.59 Å². The number of amides is 1. The first kappa shape index (κ1) is 26.1. The van der Waals surface area contributed by atoms with Crippen molar-refractivity contribution in [3.63, 3.8) is 0 Å². The first-order valence-corrected chi connectivity index (χ1v) is 12.8. The summed E-state index contributed by atoms with van der Waals surface area (Å²) < 4.78 is 11.3. The highest BCUT2D eigenvalue weighted by atomic mass is 32.1. The summed E-state index contributed by atoms with van der Waals surface area (Å²) in [5.41, 5.74) is 1.33. The van der Waals surface area contributed by atoms with E-state index in [4.69, 9.17) is 9.47 Å². The summed E-state index contributed by atoms with van der Waals surface area (Å²) in [5, 5.41) is 11.5. The maximum atomic E-state index is 13.4. The molecule has 192 valence electrons. The van der Waals surface area contributed by atoms with Crippen molar-refractivity contribution >= 4 is 39.7 Å². The van der Waals surface area contributed by atoms with Gasteiger partial charge in [0.05, 0.1) is 35.4 Å². The van der Waals surface area contributed by atoms with E-state index in [1.165, 1.54) is 11.8 Å². The molecule has 2 aromatic carbocycles. The zero-order valence-electron chi connectivity index (χ0n) is 21.1. The van der Waals surface area contributed by atoms with E-state index < -0.39 is 17.7 Å². The Morgan fingerprint density at radius 3 is 2.43 bits per heavy atom. The minimum Gasteiger partial charge on any atom is -0.507 e. The van der Waals surface area contributed by atoms with Crippen molar-refractivity contribution in [1.29, 1.82) is 0 Å². The number of anilines is 1. The van der Waals surface area contributed by atoms with Crippen LogP contribution in [-0.4, -0.2) is 40.8 Å². The molecular weight excluding hydrogens is 492 g/mol. The lowest BCUT2D eigenvalue weighted by Gasteiger charge is -2.23. The van der Waals surface area contributed by atoms with Gasteiger partial charge in [-0.15, -0.1) is 0 Å². The van der Waals surface area contributed by atoms with E-state index in [0.29, 0.717) is 46.4 Å². The van der Waals surface area contributed by atoms with Gasteiger partial charge >= 0.3 is 5.91 Å². The van der Waals surface area contributed by atoms with Crippen LogP contribution in [0.4, 0.5) is 5.13 Å². The van der Waals surface area contributed by atoms with Crippen LogP contribution >= 0.6 is 11.3 Å². The lowest BCUT2D eigenvalue weighted by atomic mass is 9.95. The minimum atomic E-state index is -0.970. The second-order valence-electron chi connectivity index (χ2n) is 8.51. The number of aryl methyl sites for hydroxylation is 1. The number of aromatic nitrogens is 1. The van der Waals surface area contributed by atoms with Gasteiger partial charge in [0, 0.05) is 12.5 Å². The third-order valence-corrected chi connectivity index (χ3v) is 7.10. The molecule has 8 nitrogen and oxygen atoms in total. The van der Waals surface area contributed by atoms with Gasteiger partial charge in [-0.2, -0.15) is 0 Å². The lowest BCUT2D eigenvalue weighted by Crippen LogP contribution is -2.29. The molecule has 1 atom stereocenters. The molecule has 1 aliphatic rings. The van der Waals surface area contributed by atoms with Crippen LogP contribution in [0.2, 0.25) is 0 Å². The Bertz CT molecular complexity index is 1380. The quantitative estimate of drug-likeness (QED) is 0.173. The molecule has 1 saturated heterocycles. The highest BCUT2D eigenvalue weighted by Crippen LogP contribution is 2.44. The molecule has 9 heteroatoms. The number of nitrogens with zero attached hydrogens (tertiary/aromatic N) is 2. The van der Waals surface area contributed by atoms with Gasteiger partial charge in [-0.05, 0) is 62.2 Å². The van der Waals surface area contributed by atoms with Crippen molar-refractivity contribution in [2.45, 2.75) is 40.2 Å². The summed E-state index contributed by atoms with van der Waals surface area (Å²) in [6, 6.07) is 12.7. The Morgan fingerprint density at radius 1 is 1.08 bits per heavy atom. The van der Waals surface area contributed by atoms with Gasteiger partial charge in [0.15, 0.2) is 10.9 Å². The zero-order valence-corrected chi connectivity index (χ0v) is 21.9. The average Bonchev–Trinajstić information content (AvgIpc) is 3.40. The number of Topliss-reactive ketones (excluding diaryl/α,β-unsaturated/α-hetero) is 2. The highest BCUT2D eigenvalue weighted by molar-refractivity contribution is 7.18. The second-order valence-corrected chi connectivity index (χ2v) is 9.49. The van der Waals surface area contributed by atoms with Crippen LogP contribution in [0, 0.1) is 6.92 Å². The predicted molar refractivity (Wildman–Crippen MR) is 141 cm³/mol. The summed E-state index contributed by atoms with van der Waals surface area (Å²) in [6.45, 7) is 7.96. The lowest BCUT2D eigenvalue weighted by molar-refractivity contribution is -0.132. The predicted octanol–water partition coefficient (Wildman–Crippen LogP) is 5.47. The summed E-state index contributed by atoms with van der Waals surface area (Å²) in [7, 11) is 0. The molecule has 1 amide bonds. The number of ether oxygens (including phenoxy) is 2. The van der Waals surface area contributed by atoms with Gasteiger partial charge in [-0.1, -0.05) is 30.4 Å². The summed E-state index contributed by atoms with van der Waals surface area (Å²) in [5.74, 6) is -0.972. The first-order chi connectivity index (χ1) is 17.8. The number of carbonyl (C=O) groups is 3. The van der Waals surface area contributed by atoms with Crippen molar-refractivity contribution in [1.82, 2.24) is 4.98 Å². The number of rotatable bonds is 9. The molecule has 1 fully saturated rings. The molecule has 37 heavy (non-hydrogen) atoms. The molecule has 0 aliphatic carbocycles. The minimum absolute atomic E-state index is 0.0703. The van der Waals surface area contributed by atoms with Crippen LogP contribution in [0.15, 0.2) is 54.1 Å². The summed E-state index contributed by atoms with van der Waals surface area (Å²) in [6.07, 6.45) is 0.812. The van der Waals surface area contributed by atoms with Crippen LogP contribution < -0.4 is 14.4 Å². The molecule has 1 aliphatic heterocycles. The number of ketones is 2. The molecule has 0 radical (unpaired) electrons. The van der Waals surface area contributed by atoms with Crippen LogP contribution in [0.5, 0.6) is 11.5 Å². The molecule has 1 aromatic heterocycles. The van der Waals surface area contributed by atoms with Gasteiger partial charge in [-0.3, -0.25) is 19.3 Å². The second kappa shape index (κ2) is 11.0. The fraction of sp³-hybridized carbons (Fsp3) is 0.286. The smallest absolute Gasteiger partial charge is 0.301 e. The summed E-state index contributed by atoms with van der Waals surface area (Å²) in [4.78, 5) is 45.0. The van der Waals surface area contributed by atoms with Gasteiger partial charge in [0.2, 0.25) is 0 Å². The maximum absolute atomic E-state index is 13.4. The molecule has 1 unspecified atom stereocenters. The molecule has 0 saturated carbocycles. The normalized spacial score (nSPS) is 16.8. The van der Waals surface area contributed by atoms with Gasteiger partial charge in [0.25, 0.3) is 5.78 Å². The Hall–Kier alpha value is -3.98. The molecule has 2 heterocycles. The molecule has 4 rings (SSSR count). The van der Waals surface area contributed by atoms with E-state index in [9.17, 15) is 19.5 Å². The van der Waals surface area contributed by atoms with E-state index in [2.05, 4.69) is 4.98 Å². The Kier molecular flexibility index (Phi) is 7.73. The fourth-order valence-corrected chi connectivity index (χ4v) is 5.17.